The van der Waals surface area contributed by atoms with Crippen LogP contribution in [0.5, 0.6) is 0 Å². The third-order valence-electron chi connectivity index (χ3n) is 5.75. The molecule has 3 rings (SSSR count). The number of aliphatic hydroxyl groups is 1. The smallest absolute Gasteiger partial charge is 0.329 e. The molecule has 1 unspecified atom stereocenters. The number of carboxylic acids is 1. The van der Waals surface area contributed by atoms with Crippen molar-refractivity contribution in [2.24, 2.45) is 0 Å². The maximum absolute atomic E-state index is 14.7. The van der Waals surface area contributed by atoms with Crippen LogP contribution in [0.15, 0.2) is 72.8 Å². The van der Waals surface area contributed by atoms with Crippen LogP contribution >= 0.6 is 0 Å². The van der Waals surface area contributed by atoms with Crippen molar-refractivity contribution in [2.75, 3.05) is 26.3 Å². The van der Waals surface area contributed by atoms with E-state index in [9.17, 15) is 23.5 Å². The molecule has 0 spiro atoms. The zero-order chi connectivity index (χ0) is 25.3. The molecule has 2 aromatic rings. The summed E-state index contributed by atoms with van der Waals surface area (Å²) in [4.78, 5) is 26.9. The number of nitrogens with zero attached hydrogens (tertiary/aromatic N) is 2. The molecule has 0 bridgehead atoms. The standard InChI is InChI=1S/C26H30F2N2O5/c27-26(28,21-11-5-2-6-12-21)23(31)14-13-22-18-29(17-20-9-3-1-4-10-20)25(34)30(22)15-7-8-16-35-19-24(32)33/h1-6,9-14,22-23,31H,7-8,15-19H2,(H,32,33)/b14-13+/t22-,23?/m0/s1. The highest BCUT2D eigenvalue weighted by Gasteiger charge is 2.40. The van der Waals surface area contributed by atoms with E-state index in [1.807, 2.05) is 30.3 Å². The molecule has 2 N–H and O–H groups in total. The summed E-state index contributed by atoms with van der Waals surface area (Å²) in [6.45, 7) is 0.881. The molecular weight excluding hydrogens is 458 g/mol. The van der Waals surface area contributed by atoms with Gasteiger partial charge in [-0.15, -0.1) is 0 Å². The molecule has 2 amide bonds. The zero-order valence-electron chi connectivity index (χ0n) is 19.3. The first-order valence-corrected chi connectivity index (χ1v) is 11.5. The number of carbonyl (C=O) groups excluding carboxylic acids is 1. The Bertz CT molecular complexity index is 988. The van der Waals surface area contributed by atoms with Gasteiger partial charge in [-0.25, -0.2) is 9.59 Å². The van der Waals surface area contributed by atoms with Crippen molar-refractivity contribution in [3.63, 3.8) is 0 Å². The molecule has 1 aliphatic rings. The Labute approximate surface area is 203 Å². The second-order valence-corrected chi connectivity index (χ2v) is 8.38. The lowest BCUT2D eigenvalue weighted by atomic mass is 10.0. The monoisotopic (exact) mass is 488 g/mol. The number of hydrogen-bond acceptors (Lipinski definition) is 4. The molecular formula is C26H30F2N2O5. The van der Waals surface area contributed by atoms with Crippen molar-refractivity contribution in [1.29, 1.82) is 0 Å². The third kappa shape index (κ3) is 7.34. The van der Waals surface area contributed by atoms with E-state index in [0.717, 1.165) is 11.6 Å². The number of aliphatic hydroxyl groups excluding tert-OH is 1. The maximum atomic E-state index is 14.7. The number of halogens is 2. The molecule has 9 heteroatoms. The highest BCUT2D eigenvalue weighted by atomic mass is 19.3. The Morgan fingerprint density at radius 2 is 1.77 bits per heavy atom. The predicted molar refractivity (Wildman–Crippen MR) is 126 cm³/mol. The number of urea groups is 1. The molecule has 0 aromatic heterocycles. The Hall–Kier alpha value is -3.30. The molecule has 1 fully saturated rings. The van der Waals surface area contributed by atoms with Crippen LogP contribution in [-0.2, 0) is 22.0 Å². The minimum absolute atomic E-state index is 0.223. The Kier molecular flexibility index (Phi) is 9.33. The first kappa shape index (κ1) is 26.3. The highest BCUT2D eigenvalue weighted by molar-refractivity contribution is 5.77. The molecule has 35 heavy (non-hydrogen) atoms. The van der Waals surface area contributed by atoms with Crippen molar-refractivity contribution in [2.45, 2.75) is 37.5 Å². The summed E-state index contributed by atoms with van der Waals surface area (Å²) in [6, 6.07) is 15.9. The molecule has 0 saturated carbocycles. The number of amides is 2. The molecule has 7 nitrogen and oxygen atoms in total. The quantitative estimate of drug-likeness (QED) is 0.330. The van der Waals surface area contributed by atoms with Gasteiger partial charge in [0.15, 0.2) is 0 Å². The van der Waals surface area contributed by atoms with Crippen LogP contribution in [0.4, 0.5) is 13.6 Å². The number of carboxylic acid groups (broad SMARTS) is 1. The average molecular weight is 489 g/mol. The fourth-order valence-electron chi connectivity index (χ4n) is 3.92. The fourth-order valence-corrected chi connectivity index (χ4v) is 3.92. The SMILES string of the molecule is O=C(O)COCCCCN1C(=O)N(Cc2ccccc2)C[C@@H]1/C=C/C(O)C(F)(F)c1ccccc1. The van der Waals surface area contributed by atoms with Crippen molar-refractivity contribution in [3.05, 3.63) is 83.9 Å². The van der Waals surface area contributed by atoms with Crippen LogP contribution in [-0.4, -0.2) is 70.5 Å². The minimum atomic E-state index is -3.48. The van der Waals surface area contributed by atoms with Crippen molar-refractivity contribution in [3.8, 4) is 0 Å². The van der Waals surface area contributed by atoms with E-state index in [1.54, 1.807) is 15.9 Å². The number of ether oxygens (including phenoxy) is 1. The van der Waals surface area contributed by atoms with E-state index in [0.29, 0.717) is 32.5 Å². The Morgan fingerprint density at radius 3 is 2.43 bits per heavy atom. The van der Waals surface area contributed by atoms with E-state index in [1.165, 1.54) is 30.3 Å². The van der Waals surface area contributed by atoms with E-state index in [4.69, 9.17) is 9.84 Å². The van der Waals surface area contributed by atoms with Gasteiger partial charge in [-0.2, -0.15) is 8.78 Å². The van der Waals surface area contributed by atoms with Crippen molar-refractivity contribution < 1.29 is 33.3 Å². The lowest BCUT2D eigenvalue weighted by molar-refractivity contribution is -0.142. The largest absolute Gasteiger partial charge is 0.480 e. The summed E-state index contributed by atoms with van der Waals surface area (Å²) in [6.07, 6.45) is 1.57. The number of rotatable bonds is 13. The summed E-state index contributed by atoms with van der Waals surface area (Å²) in [5.41, 5.74) is 0.659. The summed E-state index contributed by atoms with van der Waals surface area (Å²) in [7, 11) is 0. The van der Waals surface area contributed by atoms with Gasteiger partial charge in [-0.1, -0.05) is 72.8 Å². The second kappa shape index (κ2) is 12.4. The lowest BCUT2D eigenvalue weighted by Gasteiger charge is -2.23. The summed E-state index contributed by atoms with van der Waals surface area (Å²) in [5, 5.41) is 18.9. The first-order valence-electron chi connectivity index (χ1n) is 11.5. The molecule has 2 atom stereocenters. The fraction of sp³-hybridized carbons (Fsp3) is 0.385. The lowest BCUT2D eigenvalue weighted by Crippen LogP contribution is -2.35. The normalized spacial score (nSPS) is 17.3. The third-order valence-corrected chi connectivity index (χ3v) is 5.75. The van der Waals surface area contributed by atoms with E-state index >= 15 is 0 Å². The summed E-state index contributed by atoms with van der Waals surface area (Å²) >= 11 is 0. The number of hydrogen-bond donors (Lipinski definition) is 2. The minimum Gasteiger partial charge on any atom is -0.480 e. The average Bonchev–Trinajstić information content (AvgIpc) is 3.14. The second-order valence-electron chi connectivity index (χ2n) is 8.38. The van der Waals surface area contributed by atoms with E-state index < -0.39 is 24.0 Å². The van der Waals surface area contributed by atoms with E-state index in [-0.39, 0.29) is 24.8 Å². The van der Waals surface area contributed by atoms with Crippen molar-refractivity contribution >= 4 is 12.0 Å². The number of unbranched alkanes of at least 4 members (excludes halogenated alkanes) is 1. The van der Waals surface area contributed by atoms with Gasteiger partial charge in [-0.05, 0) is 18.4 Å². The molecule has 1 saturated heterocycles. The Morgan fingerprint density at radius 1 is 1.11 bits per heavy atom. The van der Waals surface area contributed by atoms with Crippen LogP contribution in [0, 0.1) is 0 Å². The van der Waals surface area contributed by atoms with Gasteiger partial charge in [-0.3, -0.25) is 0 Å². The summed E-state index contributed by atoms with van der Waals surface area (Å²) in [5.74, 6) is -4.52. The number of alkyl halides is 2. The first-order chi connectivity index (χ1) is 16.8. The molecule has 1 aliphatic heterocycles. The molecule has 2 aromatic carbocycles. The van der Waals surface area contributed by atoms with Crippen LogP contribution in [0.1, 0.15) is 24.0 Å². The maximum Gasteiger partial charge on any atom is 0.329 e. The van der Waals surface area contributed by atoms with Gasteiger partial charge in [0, 0.05) is 31.8 Å². The molecule has 1 heterocycles. The molecule has 188 valence electrons. The molecule has 0 aliphatic carbocycles. The van der Waals surface area contributed by atoms with Crippen LogP contribution in [0.25, 0.3) is 0 Å². The van der Waals surface area contributed by atoms with Crippen molar-refractivity contribution in [1.82, 2.24) is 9.80 Å². The Balaban J connectivity index is 1.67. The van der Waals surface area contributed by atoms with Crippen LogP contribution in [0.3, 0.4) is 0 Å². The predicted octanol–water partition coefficient (Wildman–Crippen LogP) is 3.88. The van der Waals surface area contributed by atoms with Gasteiger partial charge in [0.05, 0.1) is 6.04 Å². The van der Waals surface area contributed by atoms with Gasteiger partial charge >= 0.3 is 17.9 Å². The van der Waals surface area contributed by atoms with Gasteiger partial charge in [0.25, 0.3) is 0 Å². The number of benzene rings is 2. The van der Waals surface area contributed by atoms with Crippen LogP contribution in [0.2, 0.25) is 0 Å². The van der Waals surface area contributed by atoms with Crippen LogP contribution < -0.4 is 0 Å². The highest BCUT2D eigenvalue weighted by Crippen LogP contribution is 2.32. The van der Waals surface area contributed by atoms with E-state index in [2.05, 4.69) is 0 Å². The van der Waals surface area contributed by atoms with Gasteiger partial charge < -0.3 is 24.7 Å². The zero-order valence-corrected chi connectivity index (χ0v) is 19.3. The number of aliphatic carboxylic acids is 1. The topological polar surface area (TPSA) is 90.3 Å². The summed E-state index contributed by atoms with van der Waals surface area (Å²) < 4.78 is 34.4. The van der Waals surface area contributed by atoms with Gasteiger partial charge in [0.2, 0.25) is 0 Å². The molecule has 0 radical (unpaired) electrons. The number of carbonyl (C=O) groups is 2. The van der Waals surface area contributed by atoms with Gasteiger partial charge in [0.1, 0.15) is 12.7 Å².